The van der Waals surface area contributed by atoms with Gasteiger partial charge in [0.25, 0.3) is 0 Å². The summed E-state index contributed by atoms with van der Waals surface area (Å²) in [5.74, 6) is 0.878. The maximum Gasteiger partial charge on any atom is 0.0590 e. The lowest BCUT2D eigenvalue weighted by molar-refractivity contribution is 0.00364. The van der Waals surface area contributed by atoms with E-state index in [9.17, 15) is 0 Å². The molecule has 1 heterocycles. The topological polar surface area (TPSA) is 21.3 Å². The molecule has 2 heteroatoms. The van der Waals surface area contributed by atoms with Crippen LogP contribution in [0.25, 0.3) is 0 Å². The van der Waals surface area contributed by atoms with E-state index in [-0.39, 0.29) is 0 Å². The summed E-state index contributed by atoms with van der Waals surface area (Å²) in [4.78, 5) is 0. The molecule has 1 rings (SSSR count). The highest BCUT2D eigenvalue weighted by molar-refractivity contribution is 4.76. The van der Waals surface area contributed by atoms with Gasteiger partial charge in [0.2, 0.25) is 0 Å². The quantitative estimate of drug-likeness (QED) is 0.668. The number of hydrogen-bond acceptors (Lipinski definition) is 2. The molecule has 1 N–H and O–H groups in total. The van der Waals surface area contributed by atoms with Gasteiger partial charge in [-0.25, -0.2) is 0 Å². The lowest BCUT2D eigenvalue weighted by Crippen LogP contribution is -2.36. The third kappa shape index (κ3) is 6.19. The molecular weight excluding hydrogens is 222 g/mol. The zero-order valence-electron chi connectivity index (χ0n) is 12.7. The normalized spacial score (nSPS) is 22.3. The summed E-state index contributed by atoms with van der Waals surface area (Å²) >= 11 is 0. The molecule has 2 nitrogen and oxygen atoms in total. The first-order valence-corrected chi connectivity index (χ1v) is 8.15. The van der Waals surface area contributed by atoms with Crippen LogP contribution < -0.4 is 5.32 Å². The molecule has 2 unspecified atom stereocenters. The van der Waals surface area contributed by atoms with Crippen molar-refractivity contribution in [3.8, 4) is 0 Å². The predicted molar refractivity (Wildman–Crippen MR) is 79.0 cm³/mol. The van der Waals surface area contributed by atoms with Gasteiger partial charge in [-0.15, -0.1) is 0 Å². The molecule has 1 fully saturated rings. The van der Waals surface area contributed by atoms with E-state index in [0.717, 1.165) is 19.1 Å². The zero-order valence-corrected chi connectivity index (χ0v) is 12.7. The molecule has 0 bridgehead atoms. The molecule has 18 heavy (non-hydrogen) atoms. The Morgan fingerprint density at radius 3 is 2.50 bits per heavy atom. The first-order valence-electron chi connectivity index (χ1n) is 8.15. The molecule has 1 aliphatic rings. The van der Waals surface area contributed by atoms with Gasteiger partial charge in [0.15, 0.2) is 0 Å². The molecule has 2 atom stereocenters. The van der Waals surface area contributed by atoms with E-state index in [0.29, 0.717) is 12.1 Å². The fourth-order valence-corrected chi connectivity index (χ4v) is 2.95. The van der Waals surface area contributed by atoms with Gasteiger partial charge in [-0.05, 0) is 51.0 Å². The van der Waals surface area contributed by atoms with Gasteiger partial charge in [0.1, 0.15) is 0 Å². The van der Waals surface area contributed by atoms with Crippen molar-refractivity contribution < 1.29 is 4.74 Å². The summed E-state index contributed by atoms with van der Waals surface area (Å²) in [7, 11) is 0. The molecule has 0 aromatic heterocycles. The van der Waals surface area contributed by atoms with E-state index in [1.807, 2.05) is 0 Å². The van der Waals surface area contributed by atoms with Crippen LogP contribution in [-0.4, -0.2) is 25.3 Å². The molecule has 0 aromatic rings. The molecule has 0 radical (unpaired) electrons. The standard InChI is InChI=1S/C16H33NO/c1-4-10-17-15(12-14(5-2)6-3)13-16-9-7-8-11-18-16/h14-17H,4-13H2,1-3H3. The largest absolute Gasteiger partial charge is 0.378 e. The van der Waals surface area contributed by atoms with Gasteiger partial charge < -0.3 is 10.1 Å². The molecule has 0 saturated carbocycles. The summed E-state index contributed by atoms with van der Waals surface area (Å²) < 4.78 is 5.90. The Balaban J connectivity index is 2.37. The average Bonchev–Trinajstić information content (AvgIpc) is 2.42. The van der Waals surface area contributed by atoms with Crippen molar-refractivity contribution in [1.82, 2.24) is 5.32 Å². The second-order valence-corrected chi connectivity index (χ2v) is 5.79. The smallest absolute Gasteiger partial charge is 0.0590 e. The third-order valence-corrected chi connectivity index (χ3v) is 4.28. The molecule has 0 aromatic carbocycles. The van der Waals surface area contributed by atoms with Gasteiger partial charge in [-0.3, -0.25) is 0 Å². The molecule has 1 saturated heterocycles. The molecule has 0 spiro atoms. The molecule has 108 valence electrons. The Morgan fingerprint density at radius 1 is 1.17 bits per heavy atom. The minimum atomic E-state index is 0.516. The van der Waals surface area contributed by atoms with Crippen LogP contribution in [-0.2, 0) is 4.74 Å². The summed E-state index contributed by atoms with van der Waals surface area (Å²) in [5.41, 5.74) is 0. The van der Waals surface area contributed by atoms with Gasteiger partial charge in [0.05, 0.1) is 6.10 Å². The number of nitrogens with one attached hydrogen (secondary N) is 1. The van der Waals surface area contributed by atoms with Crippen LogP contribution in [0, 0.1) is 5.92 Å². The van der Waals surface area contributed by atoms with Crippen LogP contribution in [0.4, 0.5) is 0 Å². The van der Waals surface area contributed by atoms with Crippen LogP contribution in [0.15, 0.2) is 0 Å². The van der Waals surface area contributed by atoms with Gasteiger partial charge in [-0.2, -0.15) is 0 Å². The van der Waals surface area contributed by atoms with Crippen LogP contribution in [0.5, 0.6) is 0 Å². The lowest BCUT2D eigenvalue weighted by Gasteiger charge is -2.29. The van der Waals surface area contributed by atoms with E-state index in [1.165, 1.54) is 51.4 Å². The number of hydrogen-bond donors (Lipinski definition) is 1. The Hall–Kier alpha value is -0.0800. The van der Waals surface area contributed by atoms with Crippen molar-refractivity contribution in [1.29, 1.82) is 0 Å². The van der Waals surface area contributed by atoms with Crippen LogP contribution >= 0.6 is 0 Å². The van der Waals surface area contributed by atoms with Crippen molar-refractivity contribution in [3.63, 3.8) is 0 Å². The minimum Gasteiger partial charge on any atom is -0.378 e. The Kier molecular flexibility index (Phi) is 8.70. The number of ether oxygens (including phenoxy) is 1. The third-order valence-electron chi connectivity index (χ3n) is 4.28. The lowest BCUT2D eigenvalue weighted by atomic mass is 9.90. The SMILES string of the molecule is CCCNC(CC(CC)CC)CC1CCCCO1. The van der Waals surface area contributed by atoms with Gasteiger partial charge in [0, 0.05) is 12.6 Å². The predicted octanol–water partition coefficient (Wildman–Crippen LogP) is 4.14. The Labute approximate surface area is 114 Å². The van der Waals surface area contributed by atoms with Crippen molar-refractivity contribution in [2.24, 2.45) is 5.92 Å². The van der Waals surface area contributed by atoms with Crippen molar-refractivity contribution in [3.05, 3.63) is 0 Å². The summed E-state index contributed by atoms with van der Waals surface area (Å²) in [6.07, 6.45) is 10.8. The maximum absolute atomic E-state index is 5.90. The summed E-state index contributed by atoms with van der Waals surface area (Å²) in [5, 5.41) is 3.74. The van der Waals surface area contributed by atoms with E-state index in [2.05, 4.69) is 26.1 Å². The fraction of sp³-hybridized carbons (Fsp3) is 1.00. The van der Waals surface area contributed by atoms with Crippen LogP contribution in [0.2, 0.25) is 0 Å². The second kappa shape index (κ2) is 9.80. The Morgan fingerprint density at radius 2 is 1.94 bits per heavy atom. The number of rotatable bonds is 9. The van der Waals surface area contributed by atoms with E-state index in [4.69, 9.17) is 4.74 Å². The minimum absolute atomic E-state index is 0.516. The highest BCUT2D eigenvalue weighted by Crippen LogP contribution is 2.22. The van der Waals surface area contributed by atoms with Gasteiger partial charge in [-0.1, -0.05) is 33.6 Å². The molecule has 0 aliphatic carbocycles. The summed E-state index contributed by atoms with van der Waals surface area (Å²) in [6, 6.07) is 0.665. The zero-order chi connectivity index (χ0) is 13.2. The van der Waals surface area contributed by atoms with Crippen molar-refractivity contribution in [2.45, 2.75) is 84.3 Å². The van der Waals surface area contributed by atoms with E-state index >= 15 is 0 Å². The summed E-state index contributed by atoms with van der Waals surface area (Å²) in [6.45, 7) is 9.02. The van der Waals surface area contributed by atoms with Crippen LogP contribution in [0.1, 0.15) is 72.1 Å². The van der Waals surface area contributed by atoms with E-state index in [1.54, 1.807) is 0 Å². The first-order chi connectivity index (χ1) is 8.80. The second-order valence-electron chi connectivity index (χ2n) is 5.79. The first kappa shape index (κ1) is 16.0. The fourth-order valence-electron chi connectivity index (χ4n) is 2.95. The maximum atomic E-state index is 5.90. The monoisotopic (exact) mass is 255 g/mol. The highest BCUT2D eigenvalue weighted by Gasteiger charge is 2.21. The van der Waals surface area contributed by atoms with Crippen LogP contribution in [0.3, 0.4) is 0 Å². The Bertz CT molecular complexity index is 186. The van der Waals surface area contributed by atoms with E-state index < -0.39 is 0 Å². The molecular formula is C16H33NO. The van der Waals surface area contributed by atoms with Crippen molar-refractivity contribution >= 4 is 0 Å². The highest BCUT2D eigenvalue weighted by atomic mass is 16.5. The molecule has 1 aliphatic heterocycles. The van der Waals surface area contributed by atoms with Gasteiger partial charge >= 0.3 is 0 Å². The van der Waals surface area contributed by atoms with Crippen molar-refractivity contribution in [2.75, 3.05) is 13.2 Å². The molecule has 0 amide bonds. The average molecular weight is 255 g/mol.